The molecule has 0 aliphatic carbocycles. The summed E-state index contributed by atoms with van der Waals surface area (Å²) in [5.74, 6) is -1.84. The van der Waals surface area contributed by atoms with E-state index in [4.69, 9.17) is 21.2 Å². The lowest BCUT2D eigenvalue weighted by molar-refractivity contribution is -0.157. The standard InChI is InChI=1S/C27H31ClN2O7S/c1-8-20(36-24(32)26(2,3)4)22-17-14-13-16(29-38(34,35)21-12-10-9-11-18(21)28)15-19(17)30(23(22)31)37-25(33)27(5,6)7/h9-15,29H,8H2,1-7H3. The van der Waals surface area contributed by atoms with Crippen LogP contribution in [-0.4, -0.2) is 26.3 Å². The molecular formula is C27H31ClN2O7S. The third-order valence-corrected chi connectivity index (χ3v) is 7.36. The van der Waals surface area contributed by atoms with Crippen LogP contribution >= 0.6 is 11.6 Å². The van der Waals surface area contributed by atoms with Gasteiger partial charge in [-0.05, 0) is 71.9 Å². The largest absolute Gasteiger partial charge is 0.430 e. The van der Waals surface area contributed by atoms with Gasteiger partial charge >= 0.3 is 11.9 Å². The van der Waals surface area contributed by atoms with Gasteiger partial charge in [0.1, 0.15) is 10.7 Å². The molecule has 0 unspecified atom stereocenters. The Morgan fingerprint density at radius 3 is 2.13 bits per heavy atom. The number of esters is 1. The van der Waals surface area contributed by atoms with Crippen LogP contribution in [-0.2, 0) is 34.0 Å². The molecular weight excluding hydrogens is 532 g/mol. The number of ether oxygens (including phenoxy) is 1. The third kappa shape index (κ3) is 6.02. The average molecular weight is 563 g/mol. The first-order valence-corrected chi connectivity index (χ1v) is 13.8. The van der Waals surface area contributed by atoms with Gasteiger partial charge in [-0.25, -0.2) is 13.2 Å². The van der Waals surface area contributed by atoms with Crippen LogP contribution in [0.4, 0.5) is 11.4 Å². The molecule has 1 aliphatic heterocycles. The van der Waals surface area contributed by atoms with E-state index in [0.29, 0.717) is 5.56 Å². The summed E-state index contributed by atoms with van der Waals surface area (Å²) in [5.41, 5.74) is -1.20. The van der Waals surface area contributed by atoms with Crippen molar-refractivity contribution in [3.8, 4) is 0 Å². The highest BCUT2D eigenvalue weighted by atomic mass is 35.5. The number of rotatable bonds is 6. The normalized spacial score (nSPS) is 15.2. The molecule has 0 bridgehead atoms. The predicted molar refractivity (Wildman–Crippen MR) is 144 cm³/mol. The molecule has 38 heavy (non-hydrogen) atoms. The molecule has 0 fully saturated rings. The average Bonchev–Trinajstić information content (AvgIpc) is 3.06. The minimum absolute atomic E-state index is 0.0375. The first-order chi connectivity index (χ1) is 17.5. The van der Waals surface area contributed by atoms with Crippen molar-refractivity contribution in [2.45, 2.75) is 59.8 Å². The van der Waals surface area contributed by atoms with Crippen LogP contribution in [0.3, 0.4) is 0 Å². The molecule has 0 spiro atoms. The minimum Gasteiger partial charge on any atom is -0.430 e. The fourth-order valence-electron chi connectivity index (χ4n) is 3.32. The summed E-state index contributed by atoms with van der Waals surface area (Å²) in [6.45, 7) is 11.7. The minimum atomic E-state index is -4.08. The van der Waals surface area contributed by atoms with Crippen LogP contribution in [0.2, 0.25) is 5.02 Å². The lowest BCUT2D eigenvalue weighted by Gasteiger charge is -2.22. The number of anilines is 2. The van der Waals surface area contributed by atoms with E-state index in [0.717, 1.165) is 5.06 Å². The zero-order chi connectivity index (χ0) is 28.6. The number of carbonyl (C=O) groups excluding carboxylic acids is 3. The van der Waals surface area contributed by atoms with E-state index in [1.54, 1.807) is 54.5 Å². The van der Waals surface area contributed by atoms with Gasteiger partial charge in [-0.15, -0.1) is 5.06 Å². The van der Waals surface area contributed by atoms with Crippen molar-refractivity contribution in [3.63, 3.8) is 0 Å². The number of nitrogens with one attached hydrogen (secondary N) is 1. The molecule has 3 rings (SSSR count). The fraction of sp³-hybridized carbons (Fsp3) is 0.370. The molecule has 9 nitrogen and oxygen atoms in total. The summed E-state index contributed by atoms with van der Waals surface area (Å²) >= 11 is 6.08. The van der Waals surface area contributed by atoms with E-state index in [2.05, 4.69) is 4.72 Å². The summed E-state index contributed by atoms with van der Waals surface area (Å²) < 4.78 is 34.0. The van der Waals surface area contributed by atoms with Gasteiger partial charge in [0.25, 0.3) is 15.9 Å². The number of allylic oxidation sites excluding steroid dienone is 1. The Hall–Kier alpha value is -3.37. The topological polar surface area (TPSA) is 119 Å². The number of carbonyl (C=O) groups is 3. The summed E-state index contributed by atoms with van der Waals surface area (Å²) in [7, 11) is -4.08. The zero-order valence-corrected chi connectivity index (χ0v) is 23.9. The summed E-state index contributed by atoms with van der Waals surface area (Å²) in [5, 5.41) is 0.835. The van der Waals surface area contributed by atoms with Crippen LogP contribution < -0.4 is 9.79 Å². The Balaban J connectivity index is 2.13. The molecule has 1 amide bonds. The fourth-order valence-corrected chi connectivity index (χ4v) is 4.89. The van der Waals surface area contributed by atoms with Crippen LogP contribution in [0.15, 0.2) is 53.1 Å². The number of nitrogens with zero attached hydrogens (tertiary/aromatic N) is 1. The van der Waals surface area contributed by atoms with Gasteiger partial charge in [-0.2, -0.15) is 0 Å². The lowest BCUT2D eigenvalue weighted by atomic mass is 9.97. The zero-order valence-electron chi connectivity index (χ0n) is 22.3. The number of fused-ring (bicyclic) bond motifs is 1. The second-order valence-electron chi connectivity index (χ2n) is 10.8. The van der Waals surface area contributed by atoms with Gasteiger partial charge in [0.15, 0.2) is 0 Å². The Kier molecular flexibility index (Phi) is 8.00. The first kappa shape index (κ1) is 29.2. The Morgan fingerprint density at radius 2 is 1.58 bits per heavy atom. The highest BCUT2D eigenvalue weighted by molar-refractivity contribution is 7.92. The maximum Gasteiger partial charge on any atom is 0.338 e. The van der Waals surface area contributed by atoms with E-state index in [1.165, 1.54) is 36.4 Å². The summed E-state index contributed by atoms with van der Waals surface area (Å²) in [4.78, 5) is 44.2. The molecule has 2 aromatic rings. The number of halogens is 1. The third-order valence-electron chi connectivity index (χ3n) is 5.48. The van der Waals surface area contributed by atoms with E-state index in [-0.39, 0.29) is 39.0 Å². The maximum absolute atomic E-state index is 13.6. The smallest absolute Gasteiger partial charge is 0.338 e. The van der Waals surface area contributed by atoms with Crippen molar-refractivity contribution in [1.82, 2.24) is 0 Å². The molecule has 0 saturated carbocycles. The number of sulfonamides is 1. The van der Waals surface area contributed by atoms with E-state index >= 15 is 0 Å². The van der Waals surface area contributed by atoms with Gasteiger partial charge in [-0.3, -0.25) is 14.3 Å². The first-order valence-electron chi connectivity index (χ1n) is 11.9. The molecule has 0 saturated heterocycles. The second-order valence-corrected chi connectivity index (χ2v) is 12.8. The number of amides is 1. The number of hydrogen-bond acceptors (Lipinski definition) is 7. The highest BCUT2D eigenvalue weighted by Crippen LogP contribution is 2.42. The van der Waals surface area contributed by atoms with Crippen molar-refractivity contribution in [3.05, 3.63) is 58.8 Å². The van der Waals surface area contributed by atoms with Crippen LogP contribution in [0, 0.1) is 10.8 Å². The molecule has 1 aliphatic rings. The Labute approximate surface area is 227 Å². The summed E-state index contributed by atoms with van der Waals surface area (Å²) in [6, 6.07) is 10.3. The Bertz CT molecular complexity index is 1430. The molecule has 0 aromatic heterocycles. The second kappa shape index (κ2) is 10.4. The van der Waals surface area contributed by atoms with Gasteiger partial charge in [-0.1, -0.05) is 30.7 Å². The molecule has 0 radical (unpaired) electrons. The van der Waals surface area contributed by atoms with Gasteiger partial charge < -0.3 is 9.57 Å². The number of benzene rings is 2. The maximum atomic E-state index is 13.6. The highest BCUT2D eigenvalue weighted by Gasteiger charge is 2.41. The number of hydroxylamine groups is 1. The van der Waals surface area contributed by atoms with Crippen molar-refractivity contribution < 1.29 is 32.4 Å². The van der Waals surface area contributed by atoms with Gasteiger partial charge in [0.05, 0.1) is 32.8 Å². The quantitative estimate of drug-likeness (QED) is 0.272. The SMILES string of the molecule is CCC(OC(=O)C(C)(C)C)=C1C(=O)N(OC(=O)C(C)(C)C)c2cc(NS(=O)(=O)c3ccccc3Cl)ccc21. The summed E-state index contributed by atoms with van der Waals surface area (Å²) in [6.07, 6.45) is 0.199. The molecule has 1 N–H and O–H groups in total. The monoisotopic (exact) mass is 562 g/mol. The predicted octanol–water partition coefficient (Wildman–Crippen LogP) is 5.70. The molecule has 204 valence electrons. The van der Waals surface area contributed by atoms with Crippen molar-refractivity contribution in [2.75, 3.05) is 9.79 Å². The van der Waals surface area contributed by atoms with Crippen molar-refractivity contribution in [2.24, 2.45) is 10.8 Å². The van der Waals surface area contributed by atoms with Gasteiger partial charge in [0.2, 0.25) is 0 Å². The molecule has 1 heterocycles. The number of hydrogen-bond donors (Lipinski definition) is 1. The van der Waals surface area contributed by atoms with Gasteiger partial charge in [0, 0.05) is 12.0 Å². The Morgan fingerprint density at radius 1 is 0.974 bits per heavy atom. The van der Waals surface area contributed by atoms with Crippen LogP contribution in [0.25, 0.3) is 5.57 Å². The van der Waals surface area contributed by atoms with Crippen molar-refractivity contribution in [1.29, 1.82) is 0 Å². The van der Waals surface area contributed by atoms with Crippen molar-refractivity contribution >= 4 is 56.4 Å². The van der Waals surface area contributed by atoms with E-state index in [1.807, 2.05) is 0 Å². The van der Waals surface area contributed by atoms with Crippen LogP contribution in [0.1, 0.15) is 60.5 Å². The van der Waals surface area contributed by atoms with Crippen LogP contribution in [0.5, 0.6) is 0 Å². The van der Waals surface area contributed by atoms with E-state index in [9.17, 15) is 22.8 Å². The molecule has 0 atom stereocenters. The lowest BCUT2D eigenvalue weighted by Crippen LogP contribution is -2.35. The molecule has 2 aromatic carbocycles. The van der Waals surface area contributed by atoms with E-state index < -0.39 is 38.7 Å². The molecule has 11 heteroatoms.